The molecule has 6 heteroatoms. The van der Waals surface area contributed by atoms with Crippen LogP contribution in [0.3, 0.4) is 0 Å². The van der Waals surface area contributed by atoms with E-state index in [4.69, 9.17) is 4.74 Å². The fourth-order valence-electron chi connectivity index (χ4n) is 2.10. The van der Waals surface area contributed by atoms with Crippen LogP contribution in [0.15, 0.2) is 0 Å². The molecule has 0 radical (unpaired) electrons. The lowest BCUT2D eigenvalue weighted by atomic mass is 10.2. The highest BCUT2D eigenvalue weighted by molar-refractivity contribution is 7.89. The predicted molar refractivity (Wildman–Crippen MR) is 68.5 cm³/mol. The number of sulfonamides is 1. The van der Waals surface area contributed by atoms with Crippen LogP contribution in [0.25, 0.3) is 0 Å². The molecule has 2 atom stereocenters. The molecule has 0 aromatic carbocycles. The van der Waals surface area contributed by atoms with Crippen LogP contribution in [-0.2, 0) is 14.8 Å². The molecule has 0 saturated carbocycles. The van der Waals surface area contributed by atoms with E-state index in [1.807, 2.05) is 0 Å². The Morgan fingerprint density at radius 2 is 1.88 bits per heavy atom. The van der Waals surface area contributed by atoms with Gasteiger partial charge in [0.05, 0.1) is 18.0 Å². The molecule has 1 N–H and O–H groups in total. The largest absolute Gasteiger partial charge is 0.373 e. The first-order valence-corrected chi connectivity index (χ1v) is 7.93. The Balaban J connectivity index is 2.18. The molecule has 0 amide bonds. The first-order valence-electron chi connectivity index (χ1n) is 6.28. The lowest BCUT2D eigenvalue weighted by molar-refractivity contribution is -0.0679. The van der Waals surface area contributed by atoms with Crippen molar-refractivity contribution in [2.75, 3.05) is 31.9 Å². The number of hydrogen-bond donors (Lipinski definition) is 1. The van der Waals surface area contributed by atoms with Crippen molar-refractivity contribution in [1.82, 2.24) is 9.62 Å². The maximum Gasteiger partial charge on any atom is 0.211 e. The van der Waals surface area contributed by atoms with Crippen molar-refractivity contribution in [3.05, 3.63) is 0 Å². The topological polar surface area (TPSA) is 58.6 Å². The highest BCUT2D eigenvalue weighted by Gasteiger charge is 2.21. The van der Waals surface area contributed by atoms with Crippen molar-refractivity contribution >= 4 is 10.0 Å². The van der Waals surface area contributed by atoms with Crippen LogP contribution in [0.4, 0.5) is 0 Å². The van der Waals surface area contributed by atoms with Gasteiger partial charge >= 0.3 is 0 Å². The minimum Gasteiger partial charge on any atom is -0.373 e. The minimum atomic E-state index is -3.04. The van der Waals surface area contributed by atoms with E-state index in [1.165, 1.54) is 0 Å². The Bertz CT molecular complexity index is 309. The van der Waals surface area contributed by atoms with Gasteiger partial charge in [-0.05, 0) is 33.7 Å². The van der Waals surface area contributed by atoms with Gasteiger partial charge in [-0.3, -0.25) is 4.90 Å². The van der Waals surface area contributed by atoms with Crippen LogP contribution in [-0.4, -0.2) is 57.5 Å². The molecule has 102 valence electrons. The summed E-state index contributed by atoms with van der Waals surface area (Å²) < 4.78 is 30.6. The monoisotopic (exact) mass is 264 g/mol. The maximum atomic E-state index is 11.2. The van der Waals surface area contributed by atoms with Gasteiger partial charge in [0.15, 0.2) is 0 Å². The molecular formula is C11H24N2O3S. The van der Waals surface area contributed by atoms with Crippen molar-refractivity contribution in [1.29, 1.82) is 0 Å². The maximum absolute atomic E-state index is 11.2. The SMILES string of the molecule is CCS(=O)(=O)NCCCN1C[C@H](C)O[C@@H](C)C1. The molecule has 0 unspecified atom stereocenters. The molecule has 0 aromatic rings. The number of nitrogens with zero attached hydrogens (tertiary/aromatic N) is 1. The van der Waals surface area contributed by atoms with E-state index in [2.05, 4.69) is 23.5 Å². The molecule has 5 nitrogen and oxygen atoms in total. The van der Waals surface area contributed by atoms with Gasteiger partial charge in [-0.25, -0.2) is 13.1 Å². The first kappa shape index (κ1) is 14.9. The first-order chi connectivity index (χ1) is 7.93. The lowest BCUT2D eigenvalue weighted by Gasteiger charge is -2.35. The third kappa shape index (κ3) is 5.81. The second-order valence-electron chi connectivity index (χ2n) is 4.67. The van der Waals surface area contributed by atoms with Gasteiger partial charge < -0.3 is 4.74 Å². The van der Waals surface area contributed by atoms with E-state index in [9.17, 15) is 8.42 Å². The van der Waals surface area contributed by atoms with Crippen molar-refractivity contribution in [3.63, 3.8) is 0 Å². The molecule has 0 aromatic heterocycles. The molecule has 1 rings (SSSR count). The van der Waals surface area contributed by atoms with Crippen molar-refractivity contribution < 1.29 is 13.2 Å². The third-order valence-electron chi connectivity index (χ3n) is 2.85. The average molecular weight is 264 g/mol. The fourth-order valence-corrected chi connectivity index (χ4v) is 2.76. The Morgan fingerprint density at radius 3 is 2.41 bits per heavy atom. The fraction of sp³-hybridized carbons (Fsp3) is 1.00. The van der Waals surface area contributed by atoms with E-state index in [-0.39, 0.29) is 18.0 Å². The lowest BCUT2D eigenvalue weighted by Crippen LogP contribution is -2.46. The zero-order valence-corrected chi connectivity index (χ0v) is 11.8. The summed E-state index contributed by atoms with van der Waals surface area (Å²) in [7, 11) is -3.04. The summed E-state index contributed by atoms with van der Waals surface area (Å²) in [5.74, 6) is 0.151. The summed E-state index contributed by atoms with van der Waals surface area (Å²) >= 11 is 0. The van der Waals surface area contributed by atoms with Gasteiger partial charge in [0.1, 0.15) is 0 Å². The second-order valence-corrected chi connectivity index (χ2v) is 6.76. The molecule has 0 bridgehead atoms. The highest BCUT2D eigenvalue weighted by Crippen LogP contribution is 2.10. The van der Waals surface area contributed by atoms with Crippen LogP contribution >= 0.6 is 0 Å². The van der Waals surface area contributed by atoms with Crippen LogP contribution in [0.2, 0.25) is 0 Å². The summed E-state index contributed by atoms with van der Waals surface area (Å²) in [6, 6.07) is 0. The van der Waals surface area contributed by atoms with Crippen LogP contribution in [0.1, 0.15) is 27.2 Å². The van der Waals surface area contributed by atoms with Gasteiger partial charge in [0, 0.05) is 19.6 Å². The second kappa shape index (κ2) is 6.68. The van der Waals surface area contributed by atoms with E-state index in [1.54, 1.807) is 6.92 Å². The third-order valence-corrected chi connectivity index (χ3v) is 4.25. The Labute approximate surface area is 105 Å². The predicted octanol–water partition coefficient (Wildman–Crippen LogP) is 0.425. The molecule has 1 aliphatic heterocycles. The number of nitrogens with one attached hydrogen (secondary N) is 1. The van der Waals surface area contributed by atoms with Crippen molar-refractivity contribution in [2.24, 2.45) is 0 Å². The zero-order valence-electron chi connectivity index (χ0n) is 11.0. The standard InChI is InChI=1S/C11H24N2O3S/c1-4-17(14,15)12-6-5-7-13-8-10(2)16-11(3)9-13/h10-12H,4-9H2,1-3H3/t10-,11-/m0/s1. The van der Waals surface area contributed by atoms with Crippen molar-refractivity contribution in [2.45, 2.75) is 39.4 Å². The molecule has 1 saturated heterocycles. The Kier molecular flexibility index (Phi) is 5.85. The normalized spacial score (nSPS) is 27.2. The van der Waals surface area contributed by atoms with Crippen LogP contribution < -0.4 is 4.72 Å². The summed E-state index contributed by atoms with van der Waals surface area (Å²) in [6.07, 6.45) is 1.38. The summed E-state index contributed by atoms with van der Waals surface area (Å²) in [5.41, 5.74) is 0. The zero-order chi connectivity index (χ0) is 12.9. The van der Waals surface area contributed by atoms with E-state index < -0.39 is 10.0 Å². The van der Waals surface area contributed by atoms with E-state index in [0.29, 0.717) is 6.54 Å². The molecule has 0 aliphatic carbocycles. The van der Waals surface area contributed by atoms with Gasteiger partial charge in [-0.1, -0.05) is 0 Å². The average Bonchev–Trinajstić information content (AvgIpc) is 2.23. The molecular weight excluding hydrogens is 240 g/mol. The van der Waals surface area contributed by atoms with Crippen molar-refractivity contribution in [3.8, 4) is 0 Å². The number of morpholine rings is 1. The van der Waals surface area contributed by atoms with Crippen LogP contribution in [0.5, 0.6) is 0 Å². The van der Waals surface area contributed by atoms with Gasteiger partial charge in [0.25, 0.3) is 0 Å². The van der Waals surface area contributed by atoms with Gasteiger partial charge in [-0.2, -0.15) is 0 Å². The Morgan fingerprint density at radius 1 is 1.29 bits per heavy atom. The smallest absolute Gasteiger partial charge is 0.211 e. The summed E-state index contributed by atoms with van der Waals surface area (Å²) in [5, 5.41) is 0. The number of hydrogen-bond acceptors (Lipinski definition) is 4. The minimum absolute atomic E-state index is 0.151. The van der Waals surface area contributed by atoms with Crippen LogP contribution in [0, 0.1) is 0 Å². The number of ether oxygens (including phenoxy) is 1. The molecule has 1 aliphatic rings. The van der Waals surface area contributed by atoms with E-state index >= 15 is 0 Å². The molecule has 17 heavy (non-hydrogen) atoms. The Hall–Kier alpha value is -0.170. The highest BCUT2D eigenvalue weighted by atomic mass is 32.2. The summed E-state index contributed by atoms with van der Waals surface area (Å²) in [6.45, 7) is 9.11. The van der Waals surface area contributed by atoms with Gasteiger partial charge in [-0.15, -0.1) is 0 Å². The van der Waals surface area contributed by atoms with Gasteiger partial charge in [0.2, 0.25) is 10.0 Å². The summed E-state index contributed by atoms with van der Waals surface area (Å²) in [4.78, 5) is 2.33. The van der Waals surface area contributed by atoms with E-state index in [0.717, 1.165) is 26.1 Å². The molecule has 1 fully saturated rings. The quantitative estimate of drug-likeness (QED) is 0.707. The number of rotatable bonds is 6. The molecule has 0 spiro atoms. The molecule has 1 heterocycles.